The molecule has 1 aromatic rings. The molecule has 0 unspecified atom stereocenters. The van der Waals surface area contributed by atoms with E-state index >= 15 is 0 Å². The van der Waals surface area contributed by atoms with Crippen LogP contribution in [-0.2, 0) is 4.79 Å². The molecule has 1 aliphatic rings. The second kappa shape index (κ2) is 7.62. The molecule has 0 aliphatic carbocycles. The average molecular weight is 347 g/mol. The Kier molecular flexibility index (Phi) is 6.07. The maximum atomic E-state index is 13.6. The van der Waals surface area contributed by atoms with Crippen molar-refractivity contribution in [3.63, 3.8) is 0 Å². The zero-order valence-corrected chi connectivity index (χ0v) is 14.3. The summed E-state index contributed by atoms with van der Waals surface area (Å²) in [6.45, 7) is 5.31. The Morgan fingerprint density at radius 2 is 2.05 bits per heavy atom. The lowest BCUT2D eigenvalue weighted by molar-refractivity contribution is -0.131. The smallest absolute Gasteiger partial charge is 0.222 e. The van der Waals surface area contributed by atoms with E-state index < -0.39 is 5.82 Å². The minimum atomic E-state index is -0.460. The summed E-state index contributed by atoms with van der Waals surface area (Å²) in [6, 6.07) is 2.93. The van der Waals surface area contributed by atoms with Crippen molar-refractivity contribution in [2.45, 2.75) is 45.2 Å². The highest BCUT2D eigenvalue weighted by Gasteiger charge is 2.25. The number of benzene rings is 1. The molecule has 3 nitrogen and oxygen atoms in total. The van der Waals surface area contributed by atoms with Crippen LogP contribution in [0.15, 0.2) is 12.1 Å². The lowest BCUT2D eigenvalue weighted by atomic mass is 10.0. The Morgan fingerprint density at radius 1 is 1.41 bits per heavy atom. The van der Waals surface area contributed by atoms with Gasteiger partial charge in [0.1, 0.15) is 5.82 Å². The van der Waals surface area contributed by atoms with Gasteiger partial charge in [0.2, 0.25) is 5.91 Å². The van der Waals surface area contributed by atoms with Crippen LogP contribution >= 0.6 is 23.2 Å². The van der Waals surface area contributed by atoms with Gasteiger partial charge in [-0.15, -0.1) is 0 Å². The van der Waals surface area contributed by atoms with E-state index in [1.165, 1.54) is 12.1 Å². The predicted octanol–water partition coefficient (Wildman–Crippen LogP) is 4.18. The number of likely N-dealkylation sites (tertiary alicyclic amines) is 1. The summed E-state index contributed by atoms with van der Waals surface area (Å²) >= 11 is 12.2. The Balaban J connectivity index is 1.98. The molecule has 2 rings (SSSR count). The fourth-order valence-electron chi connectivity index (χ4n) is 2.90. The van der Waals surface area contributed by atoms with Gasteiger partial charge < -0.3 is 10.2 Å². The molecule has 122 valence electrons. The number of hydrogen-bond acceptors (Lipinski definition) is 2. The number of carbonyl (C=O) groups excluding carboxylic acids is 1. The van der Waals surface area contributed by atoms with E-state index in [9.17, 15) is 9.18 Å². The van der Waals surface area contributed by atoms with Gasteiger partial charge in [0.15, 0.2) is 0 Å². The van der Waals surface area contributed by atoms with Crippen molar-refractivity contribution in [2.24, 2.45) is 0 Å². The van der Waals surface area contributed by atoms with E-state index in [1.54, 1.807) is 0 Å². The molecule has 1 aromatic carbocycles. The number of amides is 1. The fraction of sp³-hybridized carbons (Fsp3) is 0.562. The molecule has 0 radical (unpaired) electrons. The predicted molar refractivity (Wildman–Crippen MR) is 87.9 cm³/mol. The number of nitrogens with one attached hydrogen (secondary N) is 1. The third kappa shape index (κ3) is 3.92. The first-order valence-corrected chi connectivity index (χ1v) is 8.36. The van der Waals surface area contributed by atoms with Crippen molar-refractivity contribution in [1.82, 2.24) is 10.2 Å². The zero-order chi connectivity index (χ0) is 16.3. The van der Waals surface area contributed by atoms with Crippen molar-refractivity contribution < 1.29 is 9.18 Å². The average Bonchev–Trinajstić information content (AvgIpc) is 2.51. The van der Waals surface area contributed by atoms with E-state index in [4.69, 9.17) is 23.2 Å². The van der Waals surface area contributed by atoms with Gasteiger partial charge in [0.05, 0.1) is 5.02 Å². The minimum absolute atomic E-state index is 0.0751. The Morgan fingerprint density at radius 3 is 2.64 bits per heavy atom. The van der Waals surface area contributed by atoms with Gasteiger partial charge in [-0.2, -0.15) is 0 Å². The second-order valence-corrected chi connectivity index (χ2v) is 6.44. The third-order valence-corrected chi connectivity index (χ3v) is 4.86. The summed E-state index contributed by atoms with van der Waals surface area (Å²) in [7, 11) is 0. The van der Waals surface area contributed by atoms with Crippen LogP contribution in [0, 0.1) is 5.82 Å². The molecule has 1 N–H and O–H groups in total. The van der Waals surface area contributed by atoms with Gasteiger partial charge in [-0.3, -0.25) is 4.79 Å². The SMILES string of the molecule is CCC(=O)N1CCC(N[C@H](C)c2c(Cl)ccc(F)c2Cl)CC1. The van der Waals surface area contributed by atoms with Gasteiger partial charge in [0, 0.05) is 42.2 Å². The molecule has 1 heterocycles. The molecule has 1 amide bonds. The van der Waals surface area contributed by atoms with Gasteiger partial charge in [-0.1, -0.05) is 30.1 Å². The second-order valence-electron chi connectivity index (χ2n) is 5.65. The normalized spacial score (nSPS) is 17.6. The molecule has 22 heavy (non-hydrogen) atoms. The molecule has 6 heteroatoms. The molecule has 0 spiro atoms. The van der Waals surface area contributed by atoms with E-state index in [1.807, 2.05) is 18.7 Å². The monoisotopic (exact) mass is 346 g/mol. The lowest BCUT2D eigenvalue weighted by Crippen LogP contribution is -2.45. The van der Waals surface area contributed by atoms with Crippen LogP contribution in [0.25, 0.3) is 0 Å². The van der Waals surface area contributed by atoms with Crippen LogP contribution in [0.3, 0.4) is 0 Å². The van der Waals surface area contributed by atoms with E-state index in [-0.39, 0.29) is 23.0 Å². The summed E-state index contributed by atoms with van der Waals surface area (Å²) in [5.74, 6) is -0.263. The van der Waals surface area contributed by atoms with Crippen molar-refractivity contribution in [3.8, 4) is 0 Å². The van der Waals surface area contributed by atoms with Crippen molar-refractivity contribution in [3.05, 3.63) is 33.6 Å². The van der Waals surface area contributed by atoms with Crippen LogP contribution in [0.5, 0.6) is 0 Å². The highest BCUT2D eigenvalue weighted by molar-refractivity contribution is 6.36. The summed E-state index contributed by atoms with van der Waals surface area (Å²) in [6.07, 6.45) is 2.30. The van der Waals surface area contributed by atoms with E-state index in [2.05, 4.69) is 5.32 Å². The topological polar surface area (TPSA) is 32.3 Å². The number of halogens is 3. The quantitative estimate of drug-likeness (QED) is 0.829. The molecule has 0 aromatic heterocycles. The minimum Gasteiger partial charge on any atom is -0.343 e. The molecule has 1 atom stereocenters. The van der Waals surface area contributed by atoms with Gasteiger partial charge >= 0.3 is 0 Å². The Hall–Kier alpha value is -0.840. The molecule has 0 saturated carbocycles. The number of rotatable bonds is 4. The first-order valence-electron chi connectivity index (χ1n) is 7.61. The number of piperidine rings is 1. The summed E-state index contributed by atoms with van der Waals surface area (Å²) < 4.78 is 13.6. The zero-order valence-electron chi connectivity index (χ0n) is 12.8. The maximum absolute atomic E-state index is 13.6. The van der Waals surface area contributed by atoms with Crippen LogP contribution in [0.4, 0.5) is 4.39 Å². The van der Waals surface area contributed by atoms with Gasteiger partial charge in [-0.05, 0) is 31.9 Å². The highest BCUT2D eigenvalue weighted by atomic mass is 35.5. The van der Waals surface area contributed by atoms with Crippen molar-refractivity contribution >= 4 is 29.1 Å². The van der Waals surface area contributed by atoms with Crippen molar-refractivity contribution in [2.75, 3.05) is 13.1 Å². The number of hydrogen-bond donors (Lipinski definition) is 1. The molecule has 0 bridgehead atoms. The Bertz CT molecular complexity index is 545. The highest BCUT2D eigenvalue weighted by Crippen LogP contribution is 2.33. The van der Waals surface area contributed by atoms with Crippen LogP contribution in [-0.4, -0.2) is 29.9 Å². The first-order chi connectivity index (χ1) is 10.4. The summed E-state index contributed by atoms with van der Waals surface area (Å²) in [5, 5.41) is 3.99. The standard InChI is InChI=1S/C16H21Cl2FN2O/c1-3-14(22)21-8-6-11(7-9-21)20-10(2)15-12(17)4-5-13(19)16(15)18/h4-5,10-11,20H,3,6-9H2,1-2H3/t10-/m1/s1. The van der Waals surface area contributed by atoms with Crippen LogP contribution < -0.4 is 5.32 Å². The number of carbonyl (C=O) groups is 1. The van der Waals surface area contributed by atoms with Gasteiger partial charge in [-0.25, -0.2) is 4.39 Å². The van der Waals surface area contributed by atoms with Gasteiger partial charge in [0.25, 0.3) is 0 Å². The van der Waals surface area contributed by atoms with E-state index in [0.717, 1.165) is 25.9 Å². The third-order valence-electron chi connectivity index (χ3n) is 4.15. The molecular formula is C16H21Cl2FN2O. The van der Waals surface area contributed by atoms with Crippen molar-refractivity contribution in [1.29, 1.82) is 0 Å². The Labute approximate surface area is 140 Å². The molecule has 1 saturated heterocycles. The molecule has 1 aliphatic heterocycles. The largest absolute Gasteiger partial charge is 0.343 e. The van der Waals surface area contributed by atoms with E-state index in [0.29, 0.717) is 17.0 Å². The summed E-state index contributed by atoms with van der Waals surface area (Å²) in [4.78, 5) is 13.6. The molecular weight excluding hydrogens is 326 g/mol. The molecule has 1 fully saturated rings. The van der Waals surface area contributed by atoms with Crippen LogP contribution in [0.1, 0.15) is 44.7 Å². The van der Waals surface area contributed by atoms with Crippen LogP contribution in [0.2, 0.25) is 10.0 Å². The number of nitrogens with zero attached hydrogens (tertiary/aromatic N) is 1. The lowest BCUT2D eigenvalue weighted by Gasteiger charge is -2.34. The summed E-state index contributed by atoms with van der Waals surface area (Å²) in [5.41, 5.74) is 0.593. The fourth-order valence-corrected chi connectivity index (χ4v) is 3.59. The maximum Gasteiger partial charge on any atom is 0.222 e. The first kappa shape index (κ1) is 17.5.